The molecule has 0 radical (unpaired) electrons. The smallest absolute Gasteiger partial charge is 0.433 e. The van der Waals surface area contributed by atoms with Crippen molar-refractivity contribution in [1.82, 2.24) is 4.98 Å². The van der Waals surface area contributed by atoms with Gasteiger partial charge in [0.2, 0.25) is 5.56 Å². The van der Waals surface area contributed by atoms with E-state index in [1.807, 2.05) is 5.32 Å². The molecule has 1 aromatic heterocycles. The van der Waals surface area contributed by atoms with Crippen molar-refractivity contribution in [2.75, 3.05) is 5.32 Å². The van der Waals surface area contributed by atoms with Crippen molar-refractivity contribution in [3.8, 4) is 0 Å². The number of benzene rings is 1. The maximum Gasteiger partial charge on any atom is 0.433 e. The number of halogens is 3. The molecule has 0 aliphatic heterocycles. The van der Waals surface area contributed by atoms with Crippen LogP contribution in [0.4, 0.5) is 23.7 Å². The first kappa shape index (κ1) is 15.6. The summed E-state index contributed by atoms with van der Waals surface area (Å²) < 4.78 is 43.1. The zero-order valence-electron chi connectivity index (χ0n) is 11.1. The monoisotopic (exact) mass is 312 g/mol. The Balaban J connectivity index is 2.07. The molecule has 1 aromatic carbocycles. The summed E-state index contributed by atoms with van der Waals surface area (Å²) in [5.74, 6) is 0. The SMILES string of the molecule is O=C(Nc1ccc(=O)[nH]c1C(F)(F)F)OCc1ccccc1. The summed E-state index contributed by atoms with van der Waals surface area (Å²) in [6.07, 6.45) is -5.86. The van der Waals surface area contributed by atoms with Gasteiger partial charge in [0.1, 0.15) is 12.3 Å². The lowest BCUT2D eigenvalue weighted by atomic mass is 10.2. The van der Waals surface area contributed by atoms with Gasteiger partial charge >= 0.3 is 12.3 Å². The third-order valence-electron chi connectivity index (χ3n) is 2.65. The fraction of sp³-hybridized carbons (Fsp3) is 0.143. The Morgan fingerprint density at radius 3 is 2.45 bits per heavy atom. The van der Waals surface area contributed by atoms with Crippen molar-refractivity contribution in [2.45, 2.75) is 12.8 Å². The Hall–Kier alpha value is -2.77. The van der Waals surface area contributed by atoms with Gasteiger partial charge in [-0.25, -0.2) is 4.79 Å². The third-order valence-corrected chi connectivity index (χ3v) is 2.65. The lowest BCUT2D eigenvalue weighted by Gasteiger charge is -2.13. The minimum absolute atomic E-state index is 0.0859. The molecule has 0 unspecified atom stereocenters. The molecule has 22 heavy (non-hydrogen) atoms. The van der Waals surface area contributed by atoms with E-state index in [0.717, 1.165) is 12.1 Å². The largest absolute Gasteiger partial charge is 0.444 e. The third kappa shape index (κ3) is 4.11. The van der Waals surface area contributed by atoms with Crippen LogP contribution in [0, 0.1) is 0 Å². The molecule has 5 nitrogen and oxygen atoms in total. The zero-order chi connectivity index (χ0) is 16.2. The van der Waals surface area contributed by atoms with Gasteiger partial charge in [-0.05, 0) is 11.6 Å². The molecular weight excluding hydrogens is 301 g/mol. The molecule has 0 atom stereocenters. The van der Waals surface area contributed by atoms with Gasteiger partial charge in [0.25, 0.3) is 0 Å². The predicted octanol–water partition coefficient (Wildman–Crippen LogP) is 3.14. The van der Waals surface area contributed by atoms with Crippen LogP contribution in [0.15, 0.2) is 47.3 Å². The van der Waals surface area contributed by atoms with Crippen molar-refractivity contribution in [1.29, 1.82) is 0 Å². The van der Waals surface area contributed by atoms with Crippen molar-refractivity contribution in [3.63, 3.8) is 0 Å². The normalized spacial score (nSPS) is 11.0. The molecule has 0 fully saturated rings. The molecule has 0 aliphatic rings. The topological polar surface area (TPSA) is 71.2 Å². The number of hydrogen-bond donors (Lipinski definition) is 2. The van der Waals surface area contributed by atoms with E-state index in [2.05, 4.69) is 0 Å². The second-order valence-corrected chi connectivity index (χ2v) is 4.30. The molecule has 0 spiro atoms. The summed E-state index contributed by atoms with van der Waals surface area (Å²) in [6.45, 7) is -0.0859. The van der Waals surface area contributed by atoms with Crippen LogP contribution >= 0.6 is 0 Å². The highest BCUT2D eigenvalue weighted by molar-refractivity contribution is 5.85. The second kappa shape index (κ2) is 6.33. The van der Waals surface area contributed by atoms with Crippen LogP contribution in [0.2, 0.25) is 0 Å². The highest BCUT2D eigenvalue weighted by Gasteiger charge is 2.35. The summed E-state index contributed by atoms with van der Waals surface area (Å²) >= 11 is 0. The predicted molar refractivity (Wildman–Crippen MR) is 72.3 cm³/mol. The Morgan fingerprint density at radius 2 is 1.82 bits per heavy atom. The molecule has 2 aromatic rings. The molecule has 116 valence electrons. The first-order chi connectivity index (χ1) is 10.4. The fourth-order valence-corrected chi connectivity index (χ4v) is 1.67. The van der Waals surface area contributed by atoms with Crippen molar-refractivity contribution >= 4 is 11.8 Å². The van der Waals surface area contributed by atoms with Crippen LogP contribution in [-0.4, -0.2) is 11.1 Å². The molecule has 2 N–H and O–H groups in total. The Labute approximate surface area is 122 Å². The van der Waals surface area contributed by atoms with Crippen molar-refractivity contribution < 1.29 is 22.7 Å². The molecule has 8 heteroatoms. The number of anilines is 1. The Bertz CT molecular complexity index is 711. The van der Waals surface area contributed by atoms with E-state index >= 15 is 0 Å². The number of ether oxygens (including phenoxy) is 1. The Morgan fingerprint density at radius 1 is 1.14 bits per heavy atom. The van der Waals surface area contributed by atoms with Gasteiger partial charge in [0.15, 0.2) is 0 Å². The molecule has 0 aliphatic carbocycles. The number of carbonyl (C=O) groups excluding carboxylic acids is 1. The van der Waals surface area contributed by atoms with Gasteiger partial charge in [-0.3, -0.25) is 10.1 Å². The number of amides is 1. The maximum absolute atomic E-state index is 12.8. The number of nitrogens with one attached hydrogen (secondary N) is 2. The summed E-state index contributed by atoms with van der Waals surface area (Å²) in [4.78, 5) is 24.2. The number of aromatic nitrogens is 1. The van der Waals surface area contributed by atoms with Crippen LogP contribution in [0.5, 0.6) is 0 Å². The molecule has 1 heterocycles. The number of rotatable bonds is 3. The van der Waals surface area contributed by atoms with E-state index in [-0.39, 0.29) is 6.61 Å². The van der Waals surface area contributed by atoms with E-state index in [0.29, 0.717) is 5.56 Å². The van der Waals surface area contributed by atoms with Gasteiger partial charge in [0, 0.05) is 6.07 Å². The summed E-state index contributed by atoms with van der Waals surface area (Å²) in [6, 6.07) is 10.4. The second-order valence-electron chi connectivity index (χ2n) is 4.30. The van der Waals surface area contributed by atoms with Crippen LogP contribution in [0.1, 0.15) is 11.3 Å². The highest BCUT2D eigenvalue weighted by Crippen LogP contribution is 2.32. The van der Waals surface area contributed by atoms with Gasteiger partial charge in [-0.2, -0.15) is 13.2 Å². The number of hydrogen-bond acceptors (Lipinski definition) is 3. The lowest BCUT2D eigenvalue weighted by Crippen LogP contribution is -2.22. The summed E-state index contributed by atoms with van der Waals surface area (Å²) in [5, 5.41) is 1.96. The van der Waals surface area contributed by atoms with Crippen molar-refractivity contribution in [2.24, 2.45) is 0 Å². The lowest BCUT2D eigenvalue weighted by molar-refractivity contribution is -0.140. The quantitative estimate of drug-likeness (QED) is 0.914. The van der Waals surface area contributed by atoms with Gasteiger partial charge in [-0.15, -0.1) is 0 Å². The van der Waals surface area contributed by atoms with Gasteiger partial charge < -0.3 is 9.72 Å². The van der Waals surface area contributed by atoms with Crippen LogP contribution < -0.4 is 10.9 Å². The van der Waals surface area contributed by atoms with Gasteiger partial charge in [-0.1, -0.05) is 30.3 Å². The van der Waals surface area contributed by atoms with Crippen molar-refractivity contribution in [3.05, 3.63) is 64.1 Å². The number of alkyl halides is 3. The fourth-order valence-electron chi connectivity index (χ4n) is 1.67. The molecule has 1 amide bonds. The molecule has 2 rings (SSSR count). The van der Waals surface area contributed by atoms with Crippen LogP contribution in [0.25, 0.3) is 0 Å². The van der Waals surface area contributed by atoms with Crippen LogP contribution in [-0.2, 0) is 17.5 Å². The molecule has 0 saturated heterocycles. The number of aromatic amines is 1. The van der Waals surface area contributed by atoms with Gasteiger partial charge in [0.05, 0.1) is 5.69 Å². The highest BCUT2D eigenvalue weighted by atomic mass is 19.4. The van der Waals surface area contributed by atoms with E-state index in [1.165, 1.54) is 0 Å². The minimum Gasteiger partial charge on any atom is -0.444 e. The minimum atomic E-state index is -4.80. The Kier molecular flexibility index (Phi) is 4.50. The molecule has 0 saturated carbocycles. The van der Waals surface area contributed by atoms with Crippen LogP contribution in [0.3, 0.4) is 0 Å². The van der Waals surface area contributed by atoms with E-state index < -0.39 is 29.2 Å². The zero-order valence-corrected chi connectivity index (χ0v) is 11.1. The number of pyridine rings is 1. The van der Waals surface area contributed by atoms with E-state index in [1.54, 1.807) is 35.3 Å². The number of carbonyl (C=O) groups is 1. The van der Waals surface area contributed by atoms with E-state index in [4.69, 9.17) is 4.74 Å². The summed E-state index contributed by atoms with van der Waals surface area (Å²) in [5.41, 5.74) is -2.15. The maximum atomic E-state index is 12.8. The first-order valence-corrected chi connectivity index (χ1v) is 6.14. The standard InChI is InChI=1S/C14H11F3N2O3/c15-14(16,17)12-10(6-7-11(20)19-12)18-13(21)22-8-9-4-2-1-3-5-9/h1-7H,8H2,(H,18,21)(H,19,20). The molecule has 0 bridgehead atoms. The average Bonchev–Trinajstić information content (AvgIpc) is 2.47. The molecular formula is C14H11F3N2O3. The summed E-state index contributed by atoms with van der Waals surface area (Å²) in [7, 11) is 0. The first-order valence-electron chi connectivity index (χ1n) is 6.14. The van der Waals surface area contributed by atoms with E-state index in [9.17, 15) is 22.8 Å². The number of H-pyrrole nitrogens is 1. The average molecular weight is 312 g/mol.